The lowest BCUT2D eigenvalue weighted by atomic mass is 10.0. The van der Waals surface area contributed by atoms with E-state index >= 15 is 0 Å². The number of para-hydroxylation sites is 1. The molecule has 4 aromatic carbocycles. The monoisotopic (exact) mass is 614 g/mol. The van der Waals surface area contributed by atoms with Gasteiger partial charge in [-0.25, -0.2) is 4.98 Å². The van der Waals surface area contributed by atoms with E-state index in [1.165, 1.54) is 4.90 Å². The van der Waals surface area contributed by atoms with Crippen LogP contribution in [0.15, 0.2) is 78.9 Å². The van der Waals surface area contributed by atoms with Gasteiger partial charge in [0.15, 0.2) is 0 Å². The van der Waals surface area contributed by atoms with Gasteiger partial charge in [-0.05, 0) is 66.2 Å². The molecule has 0 atom stereocenters. The van der Waals surface area contributed by atoms with Crippen LogP contribution in [0.25, 0.3) is 21.7 Å². The highest BCUT2D eigenvalue weighted by molar-refractivity contribution is 6.38. The number of halogens is 2. The first-order chi connectivity index (χ1) is 20.7. The summed E-state index contributed by atoms with van der Waals surface area (Å²) in [4.78, 5) is 43.8. The lowest BCUT2D eigenvalue weighted by molar-refractivity contribution is -0.117. The van der Waals surface area contributed by atoms with Crippen molar-refractivity contribution in [3.05, 3.63) is 111 Å². The van der Waals surface area contributed by atoms with E-state index in [2.05, 4.69) is 15.6 Å². The molecule has 10 heteroatoms. The number of likely N-dealkylation sites (N-methyl/N-ethyl adjacent to an activating group) is 1. The Bertz CT molecular complexity index is 1890. The Morgan fingerprint density at radius 3 is 2.23 bits per heavy atom. The van der Waals surface area contributed by atoms with E-state index in [1.807, 2.05) is 37.3 Å². The Morgan fingerprint density at radius 2 is 1.53 bits per heavy atom. The molecular weight excluding hydrogens is 587 g/mol. The number of aromatic nitrogens is 1. The minimum atomic E-state index is -0.408. The van der Waals surface area contributed by atoms with Crippen molar-refractivity contribution in [2.45, 2.75) is 13.5 Å². The third kappa shape index (κ3) is 6.40. The number of hydrogen-bond donors (Lipinski definition) is 2. The summed E-state index contributed by atoms with van der Waals surface area (Å²) in [5, 5.41) is 8.48. The highest BCUT2D eigenvalue weighted by atomic mass is 35.5. The van der Waals surface area contributed by atoms with Crippen LogP contribution in [0.4, 0.5) is 5.69 Å². The number of carbonyl (C=O) groups is 3. The third-order valence-electron chi connectivity index (χ3n) is 7.09. The van der Waals surface area contributed by atoms with Gasteiger partial charge in [0.2, 0.25) is 5.91 Å². The predicted molar refractivity (Wildman–Crippen MR) is 170 cm³/mol. The van der Waals surface area contributed by atoms with E-state index in [4.69, 9.17) is 27.9 Å². The third-order valence-corrected chi connectivity index (χ3v) is 7.86. The minimum Gasteiger partial charge on any atom is -0.487 e. The molecule has 2 N–H and O–H groups in total. The summed E-state index contributed by atoms with van der Waals surface area (Å²) in [5.41, 5.74) is 3.45. The molecule has 0 aliphatic rings. The number of carbonyl (C=O) groups excluding carboxylic acids is 3. The quantitative estimate of drug-likeness (QED) is 0.212. The summed E-state index contributed by atoms with van der Waals surface area (Å²) >= 11 is 13.2. The minimum absolute atomic E-state index is 0.0611. The zero-order valence-electron chi connectivity index (χ0n) is 23.7. The summed E-state index contributed by atoms with van der Waals surface area (Å²) in [7, 11) is 3.14. The van der Waals surface area contributed by atoms with Crippen molar-refractivity contribution in [1.82, 2.24) is 15.6 Å². The van der Waals surface area contributed by atoms with Crippen molar-refractivity contribution in [3.63, 3.8) is 0 Å². The molecule has 8 nitrogen and oxygen atoms in total. The van der Waals surface area contributed by atoms with Crippen LogP contribution in [0.5, 0.6) is 5.75 Å². The number of amides is 3. The van der Waals surface area contributed by atoms with Gasteiger partial charge in [-0.15, -0.1) is 0 Å². The molecule has 0 spiro atoms. The van der Waals surface area contributed by atoms with Gasteiger partial charge in [0.1, 0.15) is 17.9 Å². The van der Waals surface area contributed by atoms with Gasteiger partial charge in [-0.1, -0.05) is 53.5 Å². The molecule has 43 heavy (non-hydrogen) atoms. The van der Waals surface area contributed by atoms with Gasteiger partial charge in [0.25, 0.3) is 11.8 Å². The van der Waals surface area contributed by atoms with Gasteiger partial charge in [-0.2, -0.15) is 0 Å². The average Bonchev–Trinajstić information content (AvgIpc) is 3.02. The molecule has 0 fully saturated rings. The number of anilines is 1. The van der Waals surface area contributed by atoms with Crippen molar-refractivity contribution in [2.75, 3.05) is 25.5 Å². The molecule has 218 valence electrons. The van der Waals surface area contributed by atoms with E-state index in [9.17, 15) is 14.4 Å². The van der Waals surface area contributed by atoms with Crippen molar-refractivity contribution < 1.29 is 19.1 Å². The van der Waals surface area contributed by atoms with Crippen molar-refractivity contribution >= 4 is 68.3 Å². The van der Waals surface area contributed by atoms with Gasteiger partial charge >= 0.3 is 0 Å². The Kier molecular flexibility index (Phi) is 8.80. The fraction of sp³-hybridized carbons (Fsp3) is 0.152. The lowest BCUT2D eigenvalue weighted by Crippen LogP contribution is -2.38. The first-order valence-electron chi connectivity index (χ1n) is 13.4. The molecule has 5 aromatic rings. The number of hydrogen-bond acceptors (Lipinski definition) is 5. The predicted octanol–water partition coefficient (Wildman–Crippen LogP) is 6.33. The number of aryl methyl sites for hydroxylation is 1. The molecule has 5 rings (SSSR count). The van der Waals surface area contributed by atoms with Gasteiger partial charge in [0, 0.05) is 46.9 Å². The Balaban J connectivity index is 1.26. The van der Waals surface area contributed by atoms with E-state index in [1.54, 1.807) is 62.6 Å². The van der Waals surface area contributed by atoms with Crippen LogP contribution in [0.1, 0.15) is 32.0 Å². The topological polar surface area (TPSA) is 101 Å². The Hall–Kier alpha value is -4.66. The zero-order valence-corrected chi connectivity index (χ0v) is 25.2. The van der Waals surface area contributed by atoms with Crippen LogP contribution in [0.2, 0.25) is 10.0 Å². The summed E-state index contributed by atoms with van der Waals surface area (Å²) in [6.07, 6.45) is 0. The zero-order chi connectivity index (χ0) is 30.7. The van der Waals surface area contributed by atoms with Crippen LogP contribution in [-0.4, -0.2) is 43.3 Å². The summed E-state index contributed by atoms with van der Waals surface area (Å²) in [6.45, 7) is 1.72. The van der Waals surface area contributed by atoms with E-state index < -0.39 is 5.91 Å². The average molecular weight is 616 g/mol. The molecular formula is C33H28Cl2N4O4. The van der Waals surface area contributed by atoms with E-state index in [0.29, 0.717) is 33.1 Å². The van der Waals surface area contributed by atoms with Crippen LogP contribution >= 0.6 is 23.2 Å². The maximum absolute atomic E-state index is 13.1. The largest absolute Gasteiger partial charge is 0.487 e. The number of nitrogens with one attached hydrogen (secondary N) is 2. The van der Waals surface area contributed by atoms with Crippen LogP contribution in [-0.2, 0) is 11.4 Å². The standard InChI is InChI=1S/C33H28Cl2N4O4/c1-19-7-8-20-5-4-6-28(31(20)38-19)43-18-25-26(34)13-14-27(30(25)35)39(3)29(40)17-37-33(42)24-12-10-21-15-23(32(41)36-2)11-9-22(21)16-24/h4-16H,17-18H2,1-3H3,(H,36,41)(H,37,42). The van der Waals surface area contributed by atoms with Crippen LogP contribution in [0, 0.1) is 6.92 Å². The molecule has 0 aliphatic heterocycles. The fourth-order valence-corrected chi connectivity index (χ4v) is 5.25. The SMILES string of the molecule is CNC(=O)c1ccc2cc(C(=O)NCC(=O)N(C)c3ccc(Cl)c(COc4cccc5ccc(C)nc45)c3Cl)ccc2c1. The number of benzene rings is 4. The highest BCUT2D eigenvalue weighted by Crippen LogP contribution is 2.35. The number of pyridine rings is 1. The molecule has 0 bridgehead atoms. The lowest BCUT2D eigenvalue weighted by Gasteiger charge is -2.21. The van der Waals surface area contributed by atoms with Crippen LogP contribution in [0.3, 0.4) is 0 Å². The Morgan fingerprint density at radius 1 is 0.860 bits per heavy atom. The molecule has 1 heterocycles. The first-order valence-corrected chi connectivity index (χ1v) is 14.2. The smallest absolute Gasteiger partial charge is 0.251 e. The maximum Gasteiger partial charge on any atom is 0.251 e. The number of rotatable bonds is 8. The summed E-state index contributed by atoms with van der Waals surface area (Å²) in [5.74, 6) is -0.390. The molecule has 0 aliphatic carbocycles. The number of ether oxygens (including phenoxy) is 1. The normalized spacial score (nSPS) is 10.9. The van der Waals surface area contributed by atoms with Gasteiger partial charge in [0.05, 0.1) is 17.3 Å². The summed E-state index contributed by atoms with van der Waals surface area (Å²) < 4.78 is 6.09. The van der Waals surface area contributed by atoms with Crippen molar-refractivity contribution in [3.8, 4) is 5.75 Å². The Labute approximate surface area is 258 Å². The molecule has 0 saturated heterocycles. The summed E-state index contributed by atoms with van der Waals surface area (Å²) in [6, 6.07) is 23.2. The maximum atomic E-state index is 13.1. The molecule has 1 aromatic heterocycles. The molecule has 0 radical (unpaired) electrons. The van der Waals surface area contributed by atoms with Gasteiger partial charge in [-0.3, -0.25) is 14.4 Å². The van der Waals surface area contributed by atoms with Crippen molar-refractivity contribution in [2.24, 2.45) is 0 Å². The molecule has 0 saturated carbocycles. The number of nitrogens with zero attached hydrogens (tertiary/aromatic N) is 2. The molecule has 0 unspecified atom stereocenters. The van der Waals surface area contributed by atoms with E-state index in [-0.39, 0.29) is 30.0 Å². The van der Waals surface area contributed by atoms with Crippen molar-refractivity contribution in [1.29, 1.82) is 0 Å². The van der Waals surface area contributed by atoms with Gasteiger partial charge < -0.3 is 20.3 Å². The second-order valence-electron chi connectivity index (χ2n) is 9.92. The van der Waals surface area contributed by atoms with Crippen LogP contribution < -0.4 is 20.3 Å². The fourth-order valence-electron chi connectivity index (χ4n) is 4.64. The second-order valence-corrected chi connectivity index (χ2v) is 10.7. The second kappa shape index (κ2) is 12.7. The number of fused-ring (bicyclic) bond motifs is 2. The first kappa shape index (κ1) is 29.8. The van der Waals surface area contributed by atoms with E-state index in [0.717, 1.165) is 27.4 Å². The highest BCUT2D eigenvalue weighted by Gasteiger charge is 2.20. The molecule has 3 amide bonds.